The van der Waals surface area contributed by atoms with E-state index in [1.165, 1.54) is 50.4 Å². The van der Waals surface area contributed by atoms with Gasteiger partial charge in [-0.1, -0.05) is 6.07 Å². The van der Waals surface area contributed by atoms with Gasteiger partial charge in [0.2, 0.25) is 0 Å². The minimum absolute atomic E-state index is 0.138. The Bertz CT molecular complexity index is 864. The highest BCUT2D eigenvalue weighted by Gasteiger charge is 2.18. The average molecular weight is 360 g/mol. The number of ether oxygens (including phenoxy) is 2. The van der Waals surface area contributed by atoms with Crippen molar-refractivity contribution in [3.63, 3.8) is 0 Å². The molecule has 2 aromatic rings. The van der Waals surface area contributed by atoms with Crippen molar-refractivity contribution in [2.45, 2.75) is 6.92 Å². The van der Waals surface area contributed by atoms with Gasteiger partial charge >= 0.3 is 5.97 Å². The molecule has 0 bridgehead atoms. The third-order valence-corrected chi connectivity index (χ3v) is 3.53. The van der Waals surface area contributed by atoms with Gasteiger partial charge in [0.05, 0.1) is 23.3 Å². The predicted octanol–water partition coefficient (Wildman–Crippen LogP) is 2.41. The molecule has 2 N–H and O–H groups in total. The van der Waals surface area contributed by atoms with Crippen LogP contribution in [0.3, 0.4) is 0 Å². The van der Waals surface area contributed by atoms with Crippen LogP contribution < -0.4 is 10.1 Å². The summed E-state index contributed by atoms with van der Waals surface area (Å²) in [7, 11) is 1.40. The first kappa shape index (κ1) is 18.7. The number of amides is 1. The Labute approximate surface area is 148 Å². The molecule has 0 aliphatic carbocycles. The van der Waals surface area contributed by atoms with Gasteiger partial charge < -0.3 is 19.9 Å². The number of phenolic OH excluding ortho intramolecular Hbond substituents is 1. The van der Waals surface area contributed by atoms with Crippen molar-refractivity contribution in [3.05, 3.63) is 57.6 Å². The lowest BCUT2D eigenvalue weighted by Crippen LogP contribution is -2.21. The van der Waals surface area contributed by atoms with Crippen molar-refractivity contribution >= 4 is 23.3 Å². The summed E-state index contributed by atoms with van der Waals surface area (Å²) in [6, 6.07) is 8.25. The number of nitrogens with one attached hydrogen (secondary N) is 1. The molecule has 26 heavy (non-hydrogen) atoms. The predicted molar refractivity (Wildman–Crippen MR) is 91.4 cm³/mol. The van der Waals surface area contributed by atoms with E-state index >= 15 is 0 Å². The minimum Gasteiger partial charge on any atom is -0.507 e. The van der Waals surface area contributed by atoms with Crippen LogP contribution in [0, 0.1) is 17.0 Å². The molecule has 136 valence electrons. The molecule has 1 amide bonds. The quantitative estimate of drug-likeness (QED) is 0.460. The Balaban J connectivity index is 2.02. The van der Waals surface area contributed by atoms with E-state index in [0.717, 1.165) is 0 Å². The number of esters is 1. The molecule has 2 rings (SSSR count). The van der Waals surface area contributed by atoms with E-state index in [9.17, 15) is 24.8 Å². The molecule has 0 spiro atoms. The smallest absolute Gasteiger partial charge is 0.342 e. The van der Waals surface area contributed by atoms with Crippen LogP contribution in [-0.2, 0) is 9.53 Å². The second kappa shape index (κ2) is 7.97. The molecule has 0 heterocycles. The number of hydrogen-bond donors (Lipinski definition) is 2. The zero-order valence-corrected chi connectivity index (χ0v) is 14.0. The number of benzene rings is 2. The molecule has 0 radical (unpaired) electrons. The lowest BCUT2D eigenvalue weighted by atomic mass is 10.1. The minimum atomic E-state index is -0.910. The second-order valence-electron chi connectivity index (χ2n) is 5.21. The van der Waals surface area contributed by atoms with Crippen molar-refractivity contribution in [3.8, 4) is 11.5 Å². The van der Waals surface area contributed by atoms with E-state index in [1.807, 2.05) is 0 Å². The van der Waals surface area contributed by atoms with Crippen molar-refractivity contribution in [2.75, 3.05) is 19.0 Å². The summed E-state index contributed by atoms with van der Waals surface area (Å²) in [6.07, 6.45) is 0. The van der Waals surface area contributed by atoms with Gasteiger partial charge in [0, 0.05) is 6.07 Å². The monoisotopic (exact) mass is 360 g/mol. The van der Waals surface area contributed by atoms with Crippen LogP contribution in [0.5, 0.6) is 11.5 Å². The van der Waals surface area contributed by atoms with E-state index in [2.05, 4.69) is 5.32 Å². The van der Waals surface area contributed by atoms with E-state index in [-0.39, 0.29) is 28.3 Å². The maximum atomic E-state index is 12.0. The summed E-state index contributed by atoms with van der Waals surface area (Å²) in [6.45, 7) is 0.867. The first-order valence-corrected chi connectivity index (χ1v) is 7.41. The molecule has 0 aliphatic rings. The van der Waals surface area contributed by atoms with E-state index < -0.39 is 23.4 Å². The van der Waals surface area contributed by atoms with Crippen molar-refractivity contribution < 1.29 is 29.1 Å². The maximum absolute atomic E-state index is 12.0. The van der Waals surface area contributed by atoms with Gasteiger partial charge in [-0.15, -0.1) is 0 Å². The maximum Gasteiger partial charge on any atom is 0.342 e. The number of anilines is 1. The number of carbonyl (C=O) groups is 2. The van der Waals surface area contributed by atoms with Crippen LogP contribution in [0.1, 0.15) is 15.9 Å². The van der Waals surface area contributed by atoms with Gasteiger partial charge in [-0.2, -0.15) is 0 Å². The van der Waals surface area contributed by atoms with Gasteiger partial charge in [0.25, 0.3) is 11.6 Å². The topological polar surface area (TPSA) is 128 Å². The van der Waals surface area contributed by atoms with E-state index in [4.69, 9.17) is 9.47 Å². The largest absolute Gasteiger partial charge is 0.507 e. The number of nitrogens with zero attached hydrogens (tertiary/aromatic N) is 1. The molecule has 9 nitrogen and oxygen atoms in total. The lowest BCUT2D eigenvalue weighted by molar-refractivity contribution is -0.385. The number of rotatable bonds is 6. The molecule has 0 saturated carbocycles. The Hall–Kier alpha value is -3.62. The summed E-state index contributed by atoms with van der Waals surface area (Å²) < 4.78 is 9.81. The number of methoxy groups -OCH3 is 1. The highest BCUT2D eigenvalue weighted by molar-refractivity contribution is 5.97. The van der Waals surface area contributed by atoms with Gasteiger partial charge in [-0.05, 0) is 31.2 Å². The zero-order valence-electron chi connectivity index (χ0n) is 14.0. The van der Waals surface area contributed by atoms with Crippen LogP contribution in [0.4, 0.5) is 11.4 Å². The summed E-state index contributed by atoms with van der Waals surface area (Å²) in [4.78, 5) is 34.3. The molecule has 0 saturated heterocycles. The number of hydrogen-bond acceptors (Lipinski definition) is 7. The standard InChI is InChI=1S/C17H16N2O7/c1-10-13(4-3-5-14(10)19(23)24)18-16(21)9-26-17(22)12-8-11(25-2)6-7-15(12)20/h3-8,20H,9H2,1-2H3,(H,18,21). The molecular formula is C17H16N2O7. The molecule has 0 atom stereocenters. The van der Waals surface area contributed by atoms with Crippen molar-refractivity contribution in [1.82, 2.24) is 0 Å². The van der Waals surface area contributed by atoms with Gasteiger partial charge in [-0.3, -0.25) is 14.9 Å². The van der Waals surface area contributed by atoms with Crippen LogP contribution in [0.15, 0.2) is 36.4 Å². The Morgan fingerprint density at radius 2 is 2.00 bits per heavy atom. The molecule has 9 heteroatoms. The molecule has 0 aromatic heterocycles. The summed E-state index contributed by atoms with van der Waals surface area (Å²) in [5.74, 6) is -1.56. The molecule has 0 unspecified atom stereocenters. The number of carbonyl (C=O) groups excluding carboxylic acids is 2. The third kappa shape index (κ3) is 4.26. The first-order valence-electron chi connectivity index (χ1n) is 7.41. The zero-order chi connectivity index (χ0) is 19.3. The van der Waals surface area contributed by atoms with Crippen LogP contribution in [0.2, 0.25) is 0 Å². The van der Waals surface area contributed by atoms with E-state index in [1.54, 1.807) is 0 Å². The fraction of sp³-hybridized carbons (Fsp3) is 0.176. The van der Waals surface area contributed by atoms with Crippen molar-refractivity contribution in [2.24, 2.45) is 0 Å². The van der Waals surface area contributed by atoms with Gasteiger partial charge in [0.15, 0.2) is 6.61 Å². The molecular weight excluding hydrogens is 344 g/mol. The van der Waals surface area contributed by atoms with Crippen molar-refractivity contribution in [1.29, 1.82) is 0 Å². The number of nitro benzene ring substituents is 1. The van der Waals surface area contributed by atoms with Gasteiger partial charge in [-0.25, -0.2) is 4.79 Å². The number of nitro groups is 1. The third-order valence-electron chi connectivity index (χ3n) is 3.53. The Morgan fingerprint density at radius 1 is 1.27 bits per heavy atom. The van der Waals surface area contributed by atoms with Crippen LogP contribution in [-0.4, -0.2) is 35.6 Å². The Kier molecular flexibility index (Phi) is 5.74. The van der Waals surface area contributed by atoms with Crippen LogP contribution in [0.25, 0.3) is 0 Å². The Morgan fingerprint density at radius 3 is 2.65 bits per heavy atom. The molecule has 0 fully saturated rings. The normalized spacial score (nSPS) is 10.1. The SMILES string of the molecule is COc1ccc(O)c(C(=O)OCC(=O)Nc2cccc([N+](=O)[O-])c2C)c1. The van der Waals surface area contributed by atoms with Crippen LogP contribution >= 0.6 is 0 Å². The highest BCUT2D eigenvalue weighted by Crippen LogP contribution is 2.25. The fourth-order valence-electron chi connectivity index (χ4n) is 2.16. The lowest BCUT2D eigenvalue weighted by Gasteiger charge is -2.10. The number of phenols is 1. The summed E-state index contributed by atoms with van der Waals surface area (Å²) in [5.41, 5.74) is 0.233. The summed E-state index contributed by atoms with van der Waals surface area (Å²) in [5, 5.41) is 23.0. The van der Waals surface area contributed by atoms with Gasteiger partial charge in [0.1, 0.15) is 17.1 Å². The summed E-state index contributed by atoms with van der Waals surface area (Å²) >= 11 is 0. The fourth-order valence-corrected chi connectivity index (χ4v) is 2.16. The highest BCUT2D eigenvalue weighted by atomic mass is 16.6. The second-order valence-corrected chi connectivity index (χ2v) is 5.21. The molecule has 0 aliphatic heterocycles. The first-order chi connectivity index (χ1) is 12.3. The van der Waals surface area contributed by atoms with E-state index in [0.29, 0.717) is 5.75 Å². The number of aromatic hydroxyl groups is 1. The molecule has 2 aromatic carbocycles. The average Bonchev–Trinajstić information content (AvgIpc) is 2.61.